The molecule has 19 heavy (non-hydrogen) atoms. The summed E-state index contributed by atoms with van der Waals surface area (Å²) in [5, 5.41) is 0.323. The molecular formula is C12H10Cl2N2O2S. The Kier molecular flexibility index (Phi) is 4.01. The van der Waals surface area contributed by atoms with Crippen LogP contribution in [0.15, 0.2) is 53.4 Å². The Hall–Kier alpha value is -1.27. The number of nitrogens with zero attached hydrogens (tertiary/aromatic N) is 1. The molecule has 100 valence electrons. The predicted octanol–water partition coefficient (Wildman–Crippen LogP) is 3.06. The molecule has 0 fully saturated rings. The van der Waals surface area contributed by atoms with Gasteiger partial charge in [0, 0.05) is 0 Å². The topological polar surface area (TPSA) is 63.4 Å². The van der Waals surface area contributed by atoms with E-state index in [4.69, 9.17) is 29.0 Å². The number of anilines is 1. The van der Waals surface area contributed by atoms with Crippen LogP contribution in [0, 0.1) is 0 Å². The third-order valence-corrected chi connectivity index (χ3v) is 4.64. The summed E-state index contributed by atoms with van der Waals surface area (Å²) >= 11 is 11.9. The number of hydrazine groups is 1. The maximum Gasteiger partial charge on any atom is 0.277 e. The molecule has 7 heteroatoms. The minimum atomic E-state index is -3.89. The van der Waals surface area contributed by atoms with Crippen LogP contribution in [0.3, 0.4) is 0 Å². The van der Waals surface area contributed by atoms with E-state index < -0.39 is 10.0 Å². The van der Waals surface area contributed by atoms with E-state index >= 15 is 0 Å². The van der Waals surface area contributed by atoms with Crippen LogP contribution >= 0.6 is 23.2 Å². The SMILES string of the molecule is NN(c1c(Cl)cccc1Cl)S(=O)(=O)c1ccccc1. The zero-order valence-electron chi connectivity index (χ0n) is 9.62. The number of benzene rings is 2. The number of para-hydroxylation sites is 1. The fraction of sp³-hybridized carbons (Fsp3) is 0. The normalized spacial score (nSPS) is 11.3. The molecule has 0 heterocycles. The van der Waals surface area contributed by atoms with Crippen molar-refractivity contribution in [3.63, 3.8) is 0 Å². The van der Waals surface area contributed by atoms with Gasteiger partial charge in [-0.05, 0) is 24.3 Å². The van der Waals surface area contributed by atoms with E-state index in [1.54, 1.807) is 24.3 Å². The van der Waals surface area contributed by atoms with Crippen LogP contribution in [-0.4, -0.2) is 8.42 Å². The van der Waals surface area contributed by atoms with Gasteiger partial charge in [-0.25, -0.2) is 5.84 Å². The fourth-order valence-corrected chi connectivity index (χ4v) is 3.37. The van der Waals surface area contributed by atoms with Crippen LogP contribution < -0.4 is 10.3 Å². The summed E-state index contributed by atoms with van der Waals surface area (Å²) in [5.41, 5.74) is 0.0506. The first-order chi connectivity index (χ1) is 8.94. The van der Waals surface area contributed by atoms with Gasteiger partial charge in [0.2, 0.25) is 0 Å². The van der Waals surface area contributed by atoms with Crippen molar-refractivity contribution in [1.29, 1.82) is 0 Å². The molecule has 0 aromatic heterocycles. The van der Waals surface area contributed by atoms with Crippen LogP contribution in [0.1, 0.15) is 0 Å². The maximum atomic E-state index is 12.3. The zero-order chi connectivity index (χ0) is 14.0. The van der Waals surface area contributed by atoms with E-state index in [1.165, 1.54) is 24.3 Å². The van der Waals surface area contributed by atoms with Gasteiger partial charge in [0.1, 0.15) is 5.69 Å². The lowest BCUT2D eigenvalue weighted by molar-refractivity contribution is 0.592. The van der Waals surface area contributed by atoms with Gasteiger partial charge in [0.25, 0.3) is 10.0 Å². The number of hydrogen-bond acceptors (Lipinski definition) is 3. The van der Waals surface area contributed by atoms with Crippen LogP contribution in [0.5, 0.6) is 0 Å². The third-order valence-electron chi connectivity index (χ3n) is 2.46. The second-order valence-corrected chi connectivity index (χ2v) is 6.31. The van der Waals surface area contributed by atoms with Gasteiger partial charge in [-0.15, -0.1) is 0 Å². The summed E-state index contributed by atoms with van der Waals surface area (Å²) in [4.78, 5) is 0.0634. The average molecular weight is 317 g/mol. The average Bonchev–Trinajstić information content (AvgIpc) is 2.39. The zero-order valence-corrected chi connectivity index (χ0v) is 12.0. The van der Waals surface area contributed by atoms with Crippen molar-refractivity contribution < 1.29 is 8.42 Å². The van der Waals surface area contributed by atoms with Crippen LogP contribution in [-0.2, 0) is 10.0 Å². The minimum absolute atomic E-state index is 0.0506. The van der Waals surface area contributed by atoms with E-state index in [0.29, 0.717) is 4.41 Å². The van der Waals surface area contributed by atoms with Gasteiger partial charge >= 0.3 is 0 Å². The molecule has 2 rings (SSSR count). The lowest BCUT2D eigenvalue weighted by atomic mass is 10.3. The first kappa shape index (κ1) is 14.1. The van der Waals surface area contributed by atoms with Gasteiger partial charge < -0.3 is 0 Å². The third kappa shape index (κ3) is 2.69. The molecule has 0 saturated carbocycles. The molecule has 0 saturated heterocycles. The lowest BCUT2D eigenvalue weighted by Gasteiger charge is -2.20. The van der Waals surface area contributed by atoms with Crippen molar-refractivity contribution in [3.05, 3.63) is 58.6 Å². The van der Waals surface area contributed by atoms with Gasteiger partial charge in [0.15, 0.2) is 0 Å². The molecule has 2 aromatic carbocycles. The Morgan fingerprint density at radius 2 is 1.42 bits per heavy atom. The maximum absolute atomic E-state index is 12.3. The van der Waals surface area contributed by atoms with E-state index in [9.17, 15) is 8.42 Å². The minimum Gasteiger partial charge on any atom is -0.233 e. The summed E-state index contributed by atoms with van der Waals surface area (Å²) in [5.74, 6) is 5.68. The first-order valence-electron chi connectivity index (χ1n) is 5.23. The second-order valence-electron chi connectivity index (χ2n) is 3.68. The van der Waals surface area contributed by atoms with Gasteiger partial charge in [0.05, 0.1) is 14.9 Å². The second kappa shape index (κ2) is 5.38. The summed E-state index contributed by atoms with van der Waals surface area (Å²) in [6.07, 6.45) is 0. The molecule has 2 aromatic rings. The van der Waals surface area contributed by atoms with Crippen molar-refractivity contribution >= 4 is 38.9 Å². The van der Waals surface area contributed by atoms with Gasteiger partial charge in [-0.2, -0.15) is 12.8 Å². The molecule has 4 nitrogen and oxygen atoms in total. The number of hydrogen-bond donors (Lipinski definition) is 1. The number of nitrogens with two attached hydrogens (primary N) is 1. The molecule has 0 aliphatic heterocycles. The Bertz CT molecular complexity index is 670. The lowest BCUT2D eigenvalue weighted by Crippen LogP contribution is -2.37. The molecule has 0 aliphatic rings. The predicted molar refractivity (Wildman–Crippen MR) is 76.8 cm³/mol. The molecule has 0 aliphatic carbocycles. The van der Waals surface area contributed by atoms with Crippen molar-refractivity contribution in [3.8, 4) is 0 Å². The quantitative estimate of drug-likeness (QED) is 0.699. The van der Waals surface area contributed by atoms with Crippen molar-refractivity contribution in [1.82, 2.24) is 0 Å². The number of rotatable bonds is 3. The van der Waals surface area contributed by atoms with Gasteiger partial charge in [-0.3, -0.25) is 0 Å². The monoisotopic (exact) mass is 316 g/mol. The molecule has 0 amide bonds. The van der Waals surface area contributed by atoms with Crippen molar-refractivity contribution in [2.24, 2.45) is 5.84 Å². The van der Waals surface area contributed by atoms with Crippen LogP contribution in [0.4, 0.5) is 5.69 Å². The van der Waals surface area contributed by atoms with Gasteiger partial charge in [-0.1, -0.05) is 47.5 Å². The number of halogens is 2. The van der Waals surface area contributed by atoms with Crippen LogP contribution in [0.2, 0.25) is 10.0 Å². The Labute approximate surface area is 121 Å². The Morgan fingerprint density at radius 3 is 1.95 bits per heavy atom. The molecule has 2 N–H and O–H groups in total. The molecule has 0 bridgehead atoms. The largest absolute Gasteiger partial charge is 0.277 e. The van der Waals surface area contributed by atoms with E-state index in [0.717, 1.165) is 0 Å². The van der Waals surface area contributed by atoms with Crippen molar-refractivity contribution in [2.45, 2.75) is 4.90 Å². The van der Waals surface area contributed by atoms with Crippen molar-refractivity contribution in [2.75, 3.05) is 4.41 Å². The molecule has 0 atom stereocenters. The first-order valence-corrected chi connectivity index (χ1v) is 7.43. The molecule has 0 spiro atoms. The summed E-state index contributed by atoms with van der Waals surface area (Å²) in [6.45, 7) is 0. The number of sulfonamides is 1. The summed E-state index contributed by atoms with van der Waals surface area (Å²) in [6, 6.07) is 12.5. The van der Waals surface area contributed by atoms with E-state index in [-0.39, 0.29) is 20.6 Å². The standard InChI is InChI=1S/C12H10Cl2N2O2S/c13-10-7-4-8-11(14)12(10)16(15)19(17,18)9-5-2-1-3-6-9/h1-8H,15H2. The summed E-state index contributed by atoms with van der Waals surface area (Å²) in [7, 11) is -3.89. The molecule has 0 unspecified atom stereocenters. The smallest absolute Gasteiger partial charge is 0.233 e. The Morgan fingerprint density at radius 1 is 0.895 bits per heavy atom. The summed E-state index contributed by atoms with van der Waals surface area (Å²) < 4.78 is 25.2. The fourth-order valence-electron chi connectivity index (χ4n) is 1.53. The molecular weight excluding hydrogens is 307 g/mol. The van der Waals surface area contributed by atoms with E-state index in [2.05, 4.69) is 0 Å². The molecule has 0 radical (unpaired) electrons. The highest BCUT2D eigenvalue weighted by Gasteiger charge is 2.25. The Balaban J connectivity index is 2.53. The highest BCUT2D eigenvalue weighted by molar-refractivity contribution is 7.92. The van der Waals surface area contributed by atoms with Crippen LogP contribution in [0.25, 0.3) is 0 Å². The highest BCUT2D eigenvalue weighted by Crippen LogP contribution is 2.34. The highest BCUT2D eigenvalue weighted by atomic mass is 35.5. The van der Waals surface area contributed by atoms with E-state index in [1.807, 2.05) is 0 Å².